The molecule has 43 heavy (non-hydrogen) atoms. The second-order valence-electron chi connectivity index (χ2n) is 10.3. The molecule has 232 valence electrons. The Labute approximate surface area is 259 Å². The van der Waals surface area contributed by atoms with Gasteiger partial charge in [-0.3, -0.25) is 13.9 Å². The van der Waals surface area contributed by atoms with E-state index in [-0.39, 0.29) is 23.3 Å². The van der Waals surface area contributed by atoms with Gasteiger partial charge in [0.2, 0.25) is 11.8 Å². The van der Waals surface area contributed by atoms with E-state index in [1.54, 1.807) is 68.6 Å². The summed E-state index contributed by atoms with van der Waals surface area (Å²) >= 11 is 1.50. The number of thioether (sulfide) groups is 1. The number of anilines is 1. The van der Waals surface area contributed by atoms with Gasteiger partial charge >= 0.3 is 0 Å². The van der Waals surface area contributed by atoms with Crippen LogP contribution in [0.3, 0.4) is 0 Å². The number of nitrogens with one attached hydrogen (secondary N) is 1. The van der Waals surface area contributed by atoms with Gasteiger partial charge < -0.3 is 19.7 Å². The van der Waals surface area contributed by atoms with Crippen molar-refractivity contribution in [3.8, 4) is 11.5 Å². The summed E-state index contributed by atoms with van der Waals surface area (Å²) in [6.45, 7) is 7.92. The van der Waals surface area contributed by atoms with Crippen molar-refractivity contribution in [3.63, 3.8) is 0 Å². The molecule has 0 saturated heterocycles. The third kappa shape index (κ3) is 9.14. The van der Waals surface area contributed by atoms with Crippen molar-refractivity contribution in [2.75, 3.05) is 37.4 Å². The van der Waals surface area contributed by atoms with E-state index in [0.717, 1.165) is 14.8 Å². The minimum atomic E-state index is -4.17. The molecule has 0 bridgehead atoms. The van der Waals surface area contributed by atoms with Crippen LogP contribution in [0, 0.1) is 5.92 Å². The zero-order valence-corrected chi connectivity index (χ0v) is 27.2. The van der Waals surface area contributed by atoms with Gasteiger partial charge in [0.15, 0.2) is 0 Å². The quantitative estimate of drug-likeness (QED) is 0.231. The number of sulfonamides is 1. The Balaban J connectivity index is 2.03. The van der Waals surface area contributed by atoms with E-state index in [1.807, 2.05) is 33.1 Å². The fraction of sp³-hybridized carbons (Fsp3) is 0.375. The van der Waals surface area contributed by atoms with Crippen LogP contribution < -0.4 is 19.1 Å². The minimum Gasteiger partial charge on any atom is -0.497 e. The normalized spacial score (nSPS) is 12.0. The first kappa shape index (κ1) is 33.8. The van der Waals surface area contributed by atoms with Gasteiger partial charge in [-0.15, -0.1) is 11.8 Å². The number of rotatable bonds is 15. The molecule has 3 rings (SSSR count). The molecule has 11 heteroatoms. The van der Waals surface area contributed by atoms with Crippen LogP contribution in [0.25, 0.3) is 0 Å². The van der Waals surface area contributed by atoms with Crippen LogP contribution in [0.2, 0.25) is 0 Å². The molecule has 0 aromatic heterocycles. The first-order valence-corrected chi connectivity index (χ1v) is 16.8. The van der Waals surface area contributed by atoms with Crippen molar-refractivity contribution < 1.29 is 27.5 Å². The van der Waals surface area contributed by atoms with Gasteiger partial charge in [0, 0.05) is 18.0 Å². The maximum atomic E-state index is 14.1. The monoisotopic (exact) mass is 627 g/mol. The third-order valence-corrected chi connectivity index (χ3v) is 9.23. The van der Waals surface area contributed by atoms with Crippen molar-refractivity contribution in [2.24, 2.45) is 5.92 Å². The van der Waals surface area contributed by atoms with Crippen molar-refractivity contribution in [3.05, 3.63) is 78.4 Å². The Kier molecular flexibility index (Phi) is 12.3. The number of hydrogen-bond donors (Lipinski definition) is 1. The largest absolute Gasteiger partial charge is 0.497 e. The third-order valence-electron chi connectivity index (χ3n) is 6.70. The van der Waals surface area contributed by atoms with Gasteiger partial charge in [-0.25, -0.2) is 8.42 Å². The van der Waals surface area contributed by atoms with Crippen molar-refractivity contribution in [1.82, 2.24) is 10.2 Å². The van der Waals surface area contributed by atoms with Crippen LogP contribution in [-0.4, -0.2) is 64.2 Å². The molecular formula is C32H41N3O6S2. The van der Waals surface area contributed by atoms with Crippen LogP contribution in [0.15, 0.2) is 82.6 Å². The van der Waals surface area contributed by atoms with Gasteiger partial charge in [0.05, 0.1) is 24.3 Å². The Morgan fingerprint density at radius 2 is 1.63 bits per heavy atom. The lowest BCUT2D eigenvalue weighted by molar-refractivity contribution is -0.139. The Morgan fingerprint density at radius 1 is 0.953 bits per heavy atom. The lowest BCUT2D eigenvalue weighted by Crippen LogP contribution is -2.51. The van der Waals surface area contributed by atoms with Crippen LogP contribution >= 0.6 is 11.8 Å². The lowest BCUT2D eigenvalue weighted by atomic mass is 10.1. The molecule has 0 radical (unpaired) electrons. The molecule has 0 aliphatic rings. The predicted molar refractivity (Wildman–Crippen MR) is 171 cm³/mol. The van der Waals surface area contributed by atoms with Crippen LogP contribution in [0.4, 0.5) is 5.69 Å². The molecule has 1 N–H and O–H groups in total. The highest BCUT2D eigenvalue weighted by atomic mass is 32.2. The second kappa shape index (κ2) is 15.7. The van der Waals surface area contributed by atoms with E-state index >= 15 is 0 Å². The van der Waals surface area contributed by atoms with E-state index in [2.05, 4.69) is 5.32 Å². The summed E-state index contributed by atoms with van der Waals surface area (Å²) in [6, 6.07) is 19.4. The highest BCUT2D eigenvalue weighted by Crippen LogP contribution is 2.28. The molecule has 0 saturated carbocycles. The van der Waals surface area contributed by atoms with Crippen LogP contribution in [0.5, 0.6) is 11.5 Å². The summed E-state index contributed by atoms with van der Waals surface area (Å²) in [4.78, 5) is 29.6. The van der Waals surface area contributed by atoms with Crippen molar-refractivity contribution in [2.45, 2.75) is 50.1 Å². The number of hydrogen-bond acceptors (Lipinski definition) is 7. The predicted octanol–water partition coefficient (Wildman–Crippen LogP) is 5.20. The molecule has 3 aromatic carbocycles. The van der Waals surface area contributed by atoms with E-state index < -0.39 is 28.5 Å². The summed E-state index contributed by atoms with van der Waals surface area (Å²) in [6.07, 6.45) is 1.91. The number of carbonyl (C=O) groups excluding carboxylic acids is 2. The zero-order valence-electron chi connectivity index (χ0n) is 25.6. The Hall–Kier alpha value is -3.70. The summed E-state index contributed by atoms with van der Waals surface area (Å²) in [5, 5.41) is 2.89. The smallest absolute Gasteiger partial charge is 0.264 e. The SMILES string of the molecule is CCOc1ccc(N(CC(=O)N(Cc2cccc(OC)c2)C(C)C(=O)NCC(C)C)S(=O)(=O)c2ccc(SC)cc2)cc1. The standard InChI is InChI=1S/C32H41N3O6S2/c1-7-41-27-13-11-26(12-14-27)35(43(38,39)30-17-15-29(42-6)16-18-30)22-31(36)34(24(4)32(37)33-20-23(2)3)21-25-9-8-10-28(19-25)40-5/h8-19,23-24H,7,20-22H2,1-6H3,(H,33,37). The van der Waals surface area contributed by atoms with Gasteiger partial charge in [-0.2, -0.15) is 0 Å². The molecule has 0 heterocycles. The Bertz CT molecular complexity index is 1460. The summed E-state index contributed by atoms with van der Waals surface area (Å²) < 4.78 is 40.1. The molecule has 1 unspecified atom stereocenters. The number of nitrogens with zero attached hydrogens (tertiary/aromatic N) is 2. The van der Waals surface area contributed by atoms with Gasteiger partial charge in [-0.1, -0.05) is 26.0 Å². The van der Waals surface area contributed by atoms with Crippen LogP contribution in [0.1, 0.15) is 33.3 Å². The average Bonchev–Trinajstić information content (AvgIpc) is 3.01. The first-order chi connectivity index (χ1) is 20.5. The van der Waals surface area contributed by atoms with Gasteiger partial charge in [-0.05, 0) is 92.2 Å². The Morgan fingerprint density at radius 3 is 2.21 bits per heavy atom. The van der Waals surface area contributed by atoms with Crippen LogP contribution in [-0.2, 0) is 26.2 Å². The van der Waals surface area contributed by atoms with E-state index in [1.165, 1.54) is 28.8 Å². The summed E-state index contributed by atoms with van der Waals surface area (Å²) in [5.74, 6) is 0.543. The number of carbonyl (C=O) groups is 2. The van der Waals surface area contributed by atoms with E-state index in [9.17, 15) is 18.0 Å². The summed E-state index contributed by atoms with van der Waals surface area (Å²) in [5.41, 5.74) is 1.03. The zero-order chi connectivity index (χ0) is 31.6. The minimum absolute atomic E-state index is 0.0501. The van der Waals surface area contributed by atoms with Gasteiger partial charge in [0.1, 0.15) is 24.1 Å². The molecule has 1 atom stereocenters. The fourth-order valence-electron chi connectivity index (χ4n) is 4.28. The molecule has 0 spiro atoms. The number of amides is 2. The topological polar surface area (TPSA) is 105 Å². The van der Waals surface area contributed by atoms with E-state index in [4.69, 9.17) is 9.47 Å². The highest BCUT2D eigenvalue weighted by Gasteiger charge is 2.32. The maximum absolute atomic E-state index is 14.1. The molecule has 2 amide bonds. The molecule has 0 aliphatic heterocycles. The molecule has 0 fully saturated rings. The lowest BCUT2D eigenvalue weighted by Gasteiger charge is -2.32. The molecule has 0 aliphatic carbocycles. The second-order valence-corrected chi connectivity index (χ2v) is 13.0. The first-order valence-electron chi connectivity index (χ1n) is 14.1. The molecular weight excluding hydrogens is 587 g/mol. The number of ether oxygens (including phenoxy) is 2. The maximum Gasteiger partial charge on any atom is 0.264 e. The van der Waals surface area contributed by atoms with Crippen molar-refractivity contribution in [1.29, 1.82) is 0 Å². The molecule has 9 nitrogen and oxygen atoms in total. The van der Waals surface area contributed by atoms with Gasteiger partial charge in [0.25, 0.3) is 10.0 Å². The number of benzene rings is 3. The molecule has 3 aromatic rings. The van der Waals surface area contributed by atoms with Crippen molar-refractivity contribution >= 4 is 39.3 Å². The van der Waals surface area contributed by atoms with E-state index in [0.29, 0.717) is 30.3 Å². The highest BCUT2D eigenvalue weighted by molar-refractivity contribution is 7.98. The summed E-state index contributed by atoms with van der Waals surface area (Å²) in [7, 11) is -2.62. The number of methoxy groups -OCH3 is 1. The average molecular weight is 628 g/mol. The fourth-order valence-corrected chi connectivity index (χ4v) is 6.10.